The highest BCUT2D eigenvalue weighted by molar-refractivity contribution is 7.47. The molecule has 0 rings (SSSR count). The van der Waals surface area contributed by atoms with Crippen molar-refractivity contribution in [3.8, 4) is 0 Å². The molecule has 0 aromatic rings. The number of allylic oxidation sites excluding steroid dienone is 6. The fraction of sp³-hybridized carbons (Fsp3) is 0.710. The predicted molar refractivity (Wildman–Crippen MR) is 166 cm³/mol. The Labute approximate surface area is 257 Å². The van der Waals surface area contributed by atoms with Gasteiger partial charge in [-0.2, -0.15) is 0 Å². The monoisotopic (exact) mass is 631 g/mol. The number of nitrogens with two attached hydrogens (primary N) is 1. The average Bonchev–Trinajstić information content (AvgIpc) is 2.97. The van der Waals surface area contributed by atoms with Crippen LogP contribution < -0.4 is 5.73 Å². The number of carboxylic acid groups (broad SMARTS) is 1. The lowest BCUT2D eigenvalue weighted by Crippen LogP contribution is -2.34. The van der Waals surface area contributed by atoms with Crippen molar-refractivity contribution in [3.63, 3.8) is 0 Å². The van der Waals surface area contributed by atoms with Crippen molar-refractivity contribution < 1.29 is 47.5 Å². The summed E-state index contributed by atoms with van der Waals surface area (Å²) in [5.74, 6) is -2.44. The van der Waals surface area contributed by atoms with E-state index >= 15 is 0 Å². The van der Waals surface area contributed by atoms with E-state index < -0.39 is 51.1 Å². The zero-order valence-electron chi connectivity index (χ0n) is 26.0. The smallest absolute Gasteiger partial charge is 0.472 e. The molecule has 0 fully saturated rings. The zero-order chi connectivity index (χ0) is 32.2. The van der Waals surface area contributed by atoms with Gasteiger partial charge in [0.25, 0.3) is 0 Å². The predicted octanol–water partition coefficient (Wildman–Crippen LogP) is 6.55. The Morgan fingerprint density at radius 2 is 1.30 bits per heavy atom. The summed E-state index contributed by atoms with van der Waals surface area (Å²) in [6, 6.07) is -1.52. The number of esters is 2. The van der Waals surface area contributed by atoms with E-state index in [0.29, 0.717) is 12.8 Å². The third-order valence-corrected chi connectivity index (χ3v) is 7.10. The minimum Gasteiger partial charge on any atom is -0.480 e. The van der Waals surface area contributed by atoms with E-state index in [9.17, 15) is 23.8 Å². The first-order valence-corrected chi connectivity index (χ1v) is 17.0. The van der Waals surface area contributed by atoms with Gasteiger partial charge in [0.05, 0.1) is 13.2 Å². The fourth-order valence-corrected chi connectivity index (χ4v) is 4.44. The lowest BCUT2D eigenvalue weighted by atomic mass is 10.1. The number of unbranched alkanes of at least 4 members (excludes halogenated alkanes) is 8. The summed E-state index contributed by atoms with van der Waals surface area (Å²) < 4.78 is 32.2. The van der Waals surface area contributed by atoms with Crippen molar-refractivity contribution in [2.45, 2.75) is 122 Å². The highest BCUT2D eigenvalue weighted by atomic mass is 31.2. The molecule has 0 aliphatic heterocycles. The third-order valence-electron chi connectivity index (χ3n) is 6.15. The Kier molecular flexibility index (Phi) is 25.8. The topological polar surface area (TPSA) is 172 Å². The number of carboxylic acids is 1. The van der Waals surface area contributed by atoms with Gasteiger partial charge in [-0.05, 0) is 44.9 Å². The summed E-state index contributed by atoms with van der Waals surface area (Å²) >= 11 is 0. The van der Waals surface area contributed by atoms with E-state index in [0.717, 1.165) is 70.6 Å². The number of hydrogen-bond acceptors (Lipinski definition) is 9. The van der Waals surface area contributed by atoms with Gasteiger partial charge in [-0.15, -0.1) is 0 Å². The average molecular weight is 632 g/mol. The molecule has 3 atom stereocenters. The fourth-order valence-electron chi connectivity index (χ4n) is 3.66. The molecule has 0 saturated carbocycles. The molecule has 0 heterocycles. The summed E-state index contributed by atoms with van der Waals surface area (Å²) in [5, 5.41) is 8.80. The Hall–Kier alpha value is -2.30. The number of carbonyl (C=O) groups excluding carboxylic acids is 2. The number of phosphoric ester groups is 1. The maximum Gasteiger partial charge on any atom is 0.472 e. The van der Waals surface area contributed by atoms with E-state index in [1.54, 1.807) is 0 Å². The lowest BCUT2D eigenvalue weighted by Gasteiger charge is -2.20. The Morgan fingerprint density at radius 1 is 0.744 bits per heavy atom. The molecule has 0 bridgehead atoms. The molecular weight excluding hydrogens is 577 g/mol. The second-order valence-corrected chi connectivity index (χ2v) is 11.7. The molecule has 0 aromatic heterocycles. The van der Waals surface area contributed by atoms with Crippen LogP contribution in [0.15, 0.2) is 36.5 Å². The second kappa shape index (κ2) is 27.3. The van der Waals surface area contributed by atoms with Gasteiger partial charge in [-0.25, -0.2) is 4.57 Å². The minimum absolute atomic E-state index is 0.126. The molecule has 0 spiro atoms. The van der Waals surface area contributed by atoms with Crippen LogP contribution in [-0.4, -0.2) is 59.9 Å². The third kappa shape index (κ3) is 27.0. The van der Waals surface area contributed by atoms with E-state index in [1.165, 1.54) is 0 Å². The maximum atomic E-state index is 12.4. The summed E-state index contributed by atoms with van der Waals surface area (Å²) in [6.07, 6.45) is 24.1. The van der Waals surface area contributed by atoms with Gasteiger partial charge in [0, 0.05) is 12.8 Å². The molecule has 0 aliphatic carbocycles. The van der Waals surface area contributed by atoms with Crippen LogP contribution in [0.25, 0.3) is 0 Å². The van der Waals surface area contributed by atoms with Crippen molar-refractivity contribution in [3.05, 3.63) is 36.5 Å². The molecular formula is C31H54NO10P. The van der Waals surface area contributed by atoms with Crippen LogP contribution in [0.4, 0.5) is 0 Å². The van der Waals surface area contributed by atoms with E-state index in [2.05, 4.69) is 54.8 Å². The van der Waals surface area contributed by atoms with Crippen molar-refractivity contribution >= 4 is 25.7 Å². The van der Waals surface area contributed by atoms with E-state index in [-0.39, 0.29) is 19.4 Å². The Bertz CT molecular complexity index is 890. The van der Waals surface area contributed by atoms with Crippen LogP contribution >= 0.6 is 7.82 Å². The van der Waals surface area contributed by atoms with Gasteiger partial charge in [0.15, 0.2) is 6.10 Å². The molecule has 0 aromatic carbocycles. The molecule has 43 heavy (non-hydrogen) atoms. The molecule has 0 radical (unpaired) electrons. The first kappa shape index (κ1) is 40.7. The number of phosphoric acid groups is 1. The molecule has 0 amide bonds. The standard InChI is InChI=1S/C31H54NO10P/c1-3-5-7-9-11-12-13-14-15-16-17-19-21-23-30(34)42-27(24-39-29(33)22-20-18-10-8-6-4-2)25-40-43(37,38)41-26-28(32)31(35)36/h5,7,11-12,14-15,27-28H,3-4,6,8-10,13,16-26,32H2,1-2H3,(H,35,36)(H,37,38)/b7-5-,12-11-,15-14-. The highest BCUT2D eigenvalue weighted by Gasteiger charge is 2.28. The summed E-state index contributed by atoms with van der Waals surface area (Å²) in [5.41, 5.74) is 5.28. The van der Waals surface area contributed by atoms with Crippen LogP contribution in [0.2, 0.25) is 0 Å². The van der Waals surface area contributed by atoms with Gasteiger partial charge in [-0.3, -0.25) is 23.4 Å². The van der Waals surface area contributed by atoms with Gasteiger partial charge in [0.2, 0.25) is 0 Å². The molecule has 4 N–H and O–H groups in total. The van der Waals surface area contributed by atoms with Gasteiger partial charge in [-0.1, -0.05) is 88.8 Å². The summed E-state index contributed by atoms with van der Waals surface area (Å²) in [6.45, 7) is 2.52. The molecule has 12 heteroatoms. The number of aliphatic carboxylic acids is 1. The number of hydrogen-bond donors (Lipinski definition) is 3. The number of ether oxygens (including phenoxy) is 2. The first-order chi connectivity index (χ1) is 20.6. The molecule has 0 aliphatic rings. The zero-order valence-corrected chi connectivity index (χ0v) is 26.9. The number of carbonyl (C=O) groups is 3. The van der Waals surface area contributed by atoms with E-state index in [1.807, 2.05) is 0 Å². The van der Waals surface area contributed by atoms with Crippen molar-refractivity contribution in [2.75, 3.05) is 19.8 Å². The van der Waals surface area contributed by atoms with Crippen LogP contribution in [0.5, 0.6) is 0 Å². The van der Waals surface area contributed by atoms with Crippen molar-refractivity contribution in [1.82, 2.24) is 0 Å². The van der Waals surface area contributed by atoms with Gasteiger partial charge >= 0.3 is 25.7 Å². The SMILES string of the molecule is CC/C=C\C/C=C\C/C=C\CCCCCC(=O)OC(COC(=O)CCCCCCCC)COP(=O)(O)OCC(N)C(=O)O. The van der Waals surface area contributed by atoms with E-state index in [4.69, 9.17) is 24.8 Å². The molecule has 248 valence electrons. The largest absolute Gasteiger partial charge is 0.480 e. The second-order valence-electron chi connectivity index (χ2n) is 10.2. The highest BCUT2D eigenvalue weighted by Crippen LogP contribution is 2.43. The quantitative estimate of drug-likeness (QED) is 0.0370. The first-order valence-electron chi connectivity index (χ1n) is 15.5. The number of rotatable bonds is 28. The van der Waals surface area contributed by atoms with Crippen LogP contribution in [0.3, 0.4) is 0 Å². The van der Waals surface area contributed by atoms with Crippen molar-refractivity contribution in [1.29, 1.82) is 0 Å². The van der Waals surface area contributed by atoms with Crippen LogP contribution in [0.1, 0.15) is 110 Å². The summed E-state index contributed by atoms with van der Waals surface area (Å²) in [7, 11) is -4.70. The van der Waals surface area contributed by atoms with Crippen LogP contribution in [0, 0.1) is 0 Å². The normalized spacial score (nSPS) is 14.7. The van der Waals surface area contributed by atoms with Crippen LogP contribution in [-0.2, 0) is 37.5 Å². The van der Waals surface area contributed by atoms with Gasteiger partial charge in [0.1, 0.15) is 12.6 Å². The minimum atomic E-state index is -4.70. The molecule has 0 saturated heterocycles. The van der Waals surface area contributed by atoms with Gasteiger partial charge < -0.3 is 25.2 Å². The lowest BCUT2D eigenvalue weighted by molar-refractivity contribution is -0.161. The maximum absolute atomic E-state index is 12.4. The van der Waals surface area contributed by atoms with Crippen molar-refractivity contribution in [2.24, 2.45) is 5.73 Å². The Balaban J connectivity index is 4.58. The molecule has 11 nitrogen and oxygen atoms in total. The Morgan fingerprint density at radius 3 is 1.95 bits per heavy atom. The molecule has 3 unspecified atom stereocenters. The summed E-state index contributed by atoms with van der Waals surface area (Å²) in [4.78, 5) is 45.2.